The summed E-state index contributed by atoms with van der Waals surface area (Å²) >= 11 is 0. The van der Waals surface area contributed by atoms with Gasteiger partial charge in [-0.15, -0.1) is 0 Å². The normalized spacial score (nSPS) is 19.4. The Labute approximate surface area is 124 Å². The van der Waals surface area contributed by atoms with E-state index in [0.717, 1.165) is 0 Å². The van der Waals surface area contributed by atoms with Crippen LogP contribution in [0.4, 0.5) is 5.69 Å². The molecule has 114 valence electrons. The van der Waals surface area contributed by atoms with Gasteiger partial charge >= 0.3 is 0 Å². The number of anilines is 1. The van der Waals surface area contributed by atoms with E-state index in [0.29, 0.717) is 11.4 Å². The average molecular weight is 291 g/mol. The molecule has 0 aromatic heterocycles. The Balaban J connectivity index is 2.38. The first-order valence-corrected chi connectivity index (χ1v) is 6.84. The van der Waals surface area contributed by atoms with E-state index in [-0.39, 0.29) is 17.9 Å². The predicted molar refractivity (Wildman–Crippen MR) is 79.8 cm³/mol. The summed E-state index contributed by atoms with van der Waals surface area (Å²) in [6.07, 6.45) is -0.865. The number of amides is 2. The van der Waals surface area contributed by atoms with Crippen LogP contribution >= 0.6 is 0 Å². The second-order valence-corrected chi connectivity index (χ2v) is 6.27. The molecule has 6 heteroatoms. The van der Waals surface area contributed by atoms with Gasteiger partial charge < -0.3 is 21.1 Å². The predicted octanol–water partition coefficient (Wildman–Crippen LogP) is 0.639. The van der Waals surface area contributed by atoms with Crippen LogP contribution in [0.1, 0.15) is 20.8 Å². The summed E-state index contributed by atoms with van der Waals surface area (Å²) in [5.41, 5.74) is 11.6. The number of rotatable bonds is 2. The van der Waals surface area contributed by atoms with Crippen LogP contribution in [-0.2, 0) is 9.59 Å². The fraction of sp³-hybridized carbons (Fsp3) is 0.467. The first kappa shape index (κ1) is 15.3. The van der Waals surface area contributed by atoms with Crippen molar-refractivity contribution < 1.29 is 14.3 Å². The maximum atomic E-state index is 12.7. The fourth-order valence-corrected chi connectivity index (χ4v) is 2.13. The van der Waals surface area contributed by atoms with Crippen LogP contribution in [0.15, 0.2) is 24.3 Å². The zero-order valence-corrected chi connectivity index (χ0v) is 12.5. The summed E-state index contributed by atoms with van der Waals surface area (Å²) in [4.78, 5) is 25.6. The van der Waals surface area contributed by atoms with Crippen molar-refractivity contribution in [2.75, 3.05) is 11.4 Å². The van der Waals surface area contributed by atoms with E-state index in [2.05, 4.69) is 0 Å². The molecule has 0 aliphatic carbocycles. The Hall–Kier alpha value is -2.08. The van der Waals surface area contributed by atoms with Crippen molar-refractivity contribution >= 4 is 17.5 Å². The van der Waals surface area contributed by atoms with Gasteiger partial charge in [0.05, 0.1) is 18.3 Å². The third-order valence-corrected chi connectivity index (χ3v) is 3.56. The second kappa shape index (κ2) is 5.37. The molecule has 2 atom stereocenters. The van der Waals surface area contributed by atoms with Crippen molar-refractivity contribution in [2.45, 2.75) is 32.9 Å². The summed E-state index contributed by atoms with van der Waals surface area (Å²) in [5.74, 6) is -0.391. The Morgan fingerprint density at radius 3 is 2.52 bits per heavy atom. The van der Waals surface area contributed by atoms with E-state index >= 15 is 0 Å². The third-order valence-electron chi connectivity index (χ3n) is 3.56. The monoisotopic (exact) mass is 291 g/mol. The number of para-hydroxylation sites is 2. The maximum absolute atomic E-state index is 12.7. The lowest BCUT2D eigenvalue weighted by Crippen LogP contribution is -2.56. The van der Waals surface area contributed by atoms with Crippen LogP contribution < -0.4 is 21.1 Å². The van der Waals surface area contributed by atoms with Gasteiger partial charge in [-0.25, -0.2) is 0 Å². The molecule has 1 aliphatic heterocycles. The summed E-state index contributed by atoms with van der Waals surface area (Å²) in [5, 5.41) is 0. The number of primary amides is 1. The van der Waals surface area contributed by atoms with E-state index < -0.39 is 18.1 Å². The molecule has 2 unspecified atom stereocenters. The Kier molecular flexibility index (Phi) is 3.91. The molecular weight excluding hydrogens is 270 g/mol. The van der Waals surface area contributed by atoms with Gasteiger partial charge in [-0.1, -0.05) is 32.9 Å². The standard InChI is InChI=1S/C15H21N3O3/c1-15(2,3)12(16)14(20)18-8-11(13(17)19)21-10-7-5-4-6-9(10)18/h4-7,11-12H,8,16H2,1-3H3,(H2,17,19). The van der Waals surface area contributed by atoms with Crippen molar-refractivity contribution in [1.29, 1.82) is 0 Å². The molecule has 4 N–H and O–H groups in total. The number of hydrogen-bond donors (Lipinski definition) is 2. The number of nitrogens with zero attached hydrogens (tertiary/aromatic N) is 1. The van der Waals surface area contributed by atoms with Crippen LogP contribution in [-0.4, -0.2) is 30.5 Å². The molecule has 0 saturated heterocycles. The zero-order chi connectivity index (χ0) is 15.8. The molecule has 0 bridgehead atoms. The molecule has 21 heavy (non-hydrogen) atoms. The molecule has 2 rings (SSSR count). The lowest BCUT2D eigenvalue weighted by atomic mass is 9.86. The molecule has 1 aromatic carbocycles. The molecule has 0 fully saturated rings. The molecule has 1 heterocycles. The van der Waals surface area contributed by atoms with Crippen LogP contribution in [0.5, 0.6) is 5.75 Å². The topological polar surface area (TPSA) is 98.7 Å². The molecular formula is C15H21N3O3. The van der Waals surface area contributed by atoms with Crippen molar-refractivity contribution in [3.63, 3.8) is 0 Å². The highest BCUT2D eigenvalue weighted by Gasteiger charge is 2.37. The van der Waals surface area contributed by atoms with Gasteiger partial charge in [0, 0.05) is 0 Å². The number of benzene rings is 1. The Morgan fingerprint density at radius 2 is 1.95 bits per heavy atom. The summed E-state index contributed by atoms with van der Waals surface area (Å²) in [6, 6.07) is 6.36. The number of carbonyl (C=O) groups is 2. The zero-order valence-electron chi connectivity index (χ0n) is 12.5. The highest BCUT2D eigenvalue weighted by Crippen LogP contribution is 2.34. The van der Waals surface area contributed by atoms with E-state index in [9.17, 15) is 9.59 Å². The number of nitrogens with two attached hydrogens (primary N) is 2. The van der Waals surface area contributed by atoms with Crippen LogP contribution in [0, 0.1) is 5.41 Å². The van der Waals surface area contributed by atoms with Gasteiger partial charge in [0.1, 0.15) is 5.75 Å². The first-order chi connectivity index (χ1) is 9.71. The van der Waals surface area contributed by atoms with Gasteiger partial charge in [0.15, 0.2) is 6.10 Å². The van der Waals surface area contributed by atoms with Crippen molar-refractivity contribution in [3.05, 3.63) is 24.3 Å². The number of ether oxygens (including phenoxy) is 1. The summed E-state index contributed by atoms with van der Waals surface area (Å²) < 4.78 is 5.53. The van der Waals surface area contributed by atoms with E-state index in [4.69, 9.17) is 16.2 Å². The van der Waals surface area contributed by atoms with Crippen LogP contribution in [0.2, 0.25) is 0 Å². The number of fused-ring (bicyclic) bond motifs is 1. The minimum Gasteiger partial charge on any atom is -0.477 e. The molecule has 6 nitrogen and oxygen atoms in total. The SMILES string of the molecule is CC(C)(C)C(N)C(=O)N1CC(C(N)=O)Oc2ccccc21. The Morgan fingerprint density at radius 1 is 1.33 bits per heavy atom. The summed E-state index contributed by atoms with van der Waals surface area (Å²) in [7, 11) is 0. The summed E-state index contributed by atoms with van der Waals surface area (Å²) in [6.45, 7) is 5.77. The maximum Gasteiger partial charge on any atom is 0.260 e. The molecule has 0 spiro atoms. The molecule has 1 aliphatic rings. The molecule has 0 radical (unpaired) electrons. The number of hydrogen-bond acceptors (Lipinski definition) is 4. The lowest BCUT2D eigenvalue weighted by molar-refractivity contribution is -0.126. The molecule has 2 amide bonds. The molecule has 1 aromatic rings. The smallest absolute Gasteiger partial charge is 0.260 e. The van der Waals surface area contributed by atoms with Gasteiger partial charge in [-0.2, -0.15) is 0 Å². The highest BCUT2D eigenvalue weighted by atomic mass is 16.5. The Bertz CT molecular complexity index is 566. The van der Waals surface area contributed by atoms with Crippen LogP contribution in [0.3, 0.4) is 0 Å². The largest absolute Gasteiger partial charge is 0.477 e. The van der Waals surface area contributed by atoms with E-state index in [1.165, 1.54) is 4.90 Å². The average Bonchev–Trinajstić information content (AvgIpc) is 2.43. The van der Waals surface area contributed by atoms with Gasteiger partial charge in [-0.05, 0) is 17.5 Å². The lowest BCUT2D eigenvalue weighted by Gasteiger charge is -2.37. The second-order valence-electron chi connectivity index (χ2n) is 6.27. The van der Waals surface area contributed by atoms with Crippen molar-refractivity contribution in [2.24, 2.45) is 16.9 Å². The third kappa shape index (κ3) is 3.00. The van der Waals surface area contributed by atoms with Crippen LogP contribution in [0.25, 0.3) is 0 Å². The van der Waals surface area contributed by atoms with Gasteiger partial charge in [0.25, 0.3) is 5.91 Å². The number of carbonyl (C=O) groups excluding carboxylic acids is 2. The molecule has 0 saturated carbocycles. The van der Waals surface area contributed by atoms with Gasteiger partial charge in [-0.3, -0.25) is 9.59 Å². The van der Waals surface area contributed by atoms with Gasteiger partial charge in [0.2, 0.25) is 5.91 Å². The van der Waals surface area contributed by atoms with Crippen molar-refractivity contribution in [1.82, 2.24) is 0 Å². The van der Waals surface area contributed by atoms with E-state index in [1.807, 2.05) is 20.8 Å². The fourth-order valence-electron chi connectivity index (χ4n) is 2.13. The van der Waals surface area contributed by atoms with E-state index in [1.54, 1.807) is 24.3 Å². The minimum absolute atomic E-state index is 0.0783. The van der Waals surface area contributed by atoms with Crippen molar-refractivity contribution in [3.8, 4) is 5.75 Å². The minimum atomic E-state index is -0.865. The quantitative estimate of drug-likeness (QED) is 0.835. The first-order valence-electron chi connectivity index (χ1n) is 6.84. The highest BCUT2D eigenvalue weighted by molar-refractivity contribution is 6.00.